The zero-order valence-corrected chi connectivity index (χ0v) is 12.5. The molecule has 2 heterocycles. The van der Waals surface area contributed by atoms with Gasteiger partial charge in [-0.3, -0.25) is 5.41 Å². The first-order chi connectivity index (χ1) is 9.45. The van der Waals surface area contributed by atoms with Crippen LogP contribution in [0.1, 0.15) is 24.4 Å². The van der Waals surface area contributed by atoms with Crippen molar-refractivity contribution in [1.82, 2.24) is 15.2 Å². The molecule has 7 nitrogen and oxygen atoms in total. The number of nitrogens with one attached hydrogen (secondary N) is 3. The highest BCUT2D eigenvalue weighted by atomic mass is 32.1. The van der Waals surface area contributed by atoms with Crippen LogP contribution in [0.25, 0.3) is 0 Å². The number of amides is 2. The largest absolute Gasteiger partial charge is 0.370 e. The van der Waals surface area contributed by atoms with Gasteiger partial charge in [-0.25, -0.2) is 9.78 Å². The Morgan fingerprint density at radius 1 is 1.45 bits per heavy atom. The van der Waals surface area contributed by atoms with Crippen LogP contribution in [0.4, 0.5) is 9.93 Å². The summed E-state index contributed by atoms with van der Waals surface area (Å²) in [6.07, 6.45) is 1.52. The molecular weight excluding hydrogens is 276 g/mol. The molecule has 2 rings (SSSR count). The van der Waals surface area contributed by atoms with Crippen LogP contribution in [0, 0.1) is 5.41 Å². The Labute approximate surface area is 122 Å². The van der Waals surface area contributed by atoms with Gasteiger partial charge in [-0.15, -0.1) is 11.3 Å². The average molecular weight is 296 g/mol. The van der Waals surface area contributed by atoms with Gasteiger partial charge in [0.1, 0.15) is 0 Å². The Balaban J connectivity index is 2.00. The minimum atomic E-state index is -0.105. The summed E-state index contributed by atoms with van der Waals surface area (Å²) in [5.41, 5.74) is 6.30. The third-order valence-electron chi connectivity index (χ3n) is 2.95. The second-order valence-corrected chi connectivity index (χ2v) is 6.10. The smallest absolute Gasteiger partial charge is 0.317 e. The number of nitrogens with two attached hydrogens (primary N) is 1. The lowest BCUT2D eigenvalue weighted by molar-refractivity contribution is 0.197. The third-order valence-corrected chi connectivity index (χ3v) is 4.02. The van der Waals surface area contributed by atoms with Crippen LogP contribution in [0.3, 0.4) is 0 Å². The fourth-order valence-corrected chi connectivity index (χ4v) is 3.08. The molecule has 20 heavy (non-hydrogen) atoms. The molecule has 0 radical (unpaired) electrons. The number of carbonyl (C=O) groups excluding carboxylic acids is 1. The second-order valence-electron chi connectivity index (χ2n) is 5.02. The van der Waals surface area contributed by atoms with E-state index in [0.717, 1.165) is 23.4 Å². The molecule has 0 saturated heterocycles. The Bertz CT molecular complexity index is 487. The Morgan fingerprint density at radius 2 is 2.15 bits per heavy atom. The minimum absolute atomic E-state index is 0.0164. The van der Waals surface area contributed by atoms with Crippen molar-refractivity contribution < 1.29 is 4.79 Å². The third kappa shape index (κ3) is 3.60. The highest BCUT2D eigenvalue weighted by Gasteiger charge is 2.21. The lowest BCUT2D eigenvalue weighted by atomic mass is 10.2. The summed E-state index contributed by atoms with van der Waals surface area (Å²) in [5.74, 6) is -0.105. The molecule has 1 aliphatic rings. The Kier molecular flexibility index (Phi) is 4.43. The highest BCUT2D eigenvalue weighted by Crippen LogP contribution is 2.26. The van der Waals surface area contributed by atoms with Crippen molar-refractivity contribution in [2.75, 3.05) is 18.4 Å². The number of anilines is 1. The van der Waals surface area contributed by atoms with Gasteiger partial charge in [-0.2, -0.15) is 0 Å². The first kappa shape index (κ1) is 14.6. The van der Waals surface area contributed by atoms with Gasteiger partial charge in [0.25, 0.3) is 0 Å². The van der Waals surface area contributed by atoms with Gasteiger partial charge in [-0.05, 0) is 13.8 Å². The lowest BCUT2D eigenvalue weighted by Gasteiger charge is -2.22. The van der Waals surface area contributed by atoms with Crippen LogP contribution >= 0.6 is 11.3 Å². The topological polar surface area (TPSA) is 107 Å². The van der Waals surface area contributed by atoms with E-state index in [9.17, 15) is 4.79 Å². The molecule has 2 amide bonds. The molecule has 1 aliphatic heterocycles. The summed E-state index contributed by atoms with van der Waals surface area (Å²) < 4.78 is 0. The van der Waals surface area contributed by atoms with Gasteiger partial charge in [-0.1, -0.05) is 0 Å². The number of hydrogen-bond acceptors (Lipinski definition) is 4. The van der Waals surface area contributed by atoms with E-state index in [4.69, 9.17) is 11.1 Å². The number of carbonyl (C=O) groups is 1. The predicted octanol–water partition coefficient (Wildman–Crippen LogP) is 0.967. The summed E-state index contributed by atoms with van der Waals surface area (Å²) >= 11 is 1.50. The van der Waals surface area contributed by atoms with Crippen LogP contribution in [-0.2, 0) is 12.8 Å². The standard InChI is InChI=1S/C12H20N6OS/c1-7(2)15-12(19)18-5-3-8-9(4-6-18)20-11(16-8)17-10(13)14/h7H,3-6H2,1-2H3,(H,15,19)(H4,13,14,16,17). The first-order valence-electron chi connectivity index (χ1n) is 6.60. The lowest BCUT2D eigenvalue weighted by Crippen LogP contribution is -2.44. The number of thiazole rings is 1. The van der Waals surface area contributed by atoms with Crippen molar-refractivity contribution in [3.63, 3.8) is 0 Å². The van der Waals surface area contributed by atoms with E-state index >= 15 is 0 Å². The van der Waals surface area contributed by atoms with Crippen LogP contribution in [0.5, 0.6) is 0 Å². The number of hydrogen-bond donors (Lipinski definition) is 4. The van der Waals surface area contributed by atoms with E-state index < -0.39 is 0 Å². The van der Waals surface area contributed by atoms with E-state index in [-0.39, 0.29) is 18.0 Å². The monoisotopic (exact) mass is 296 g/mol. The highest BCUT2D eigenvalue weighted by molar-refractivity contribution is 7.15. The number of nitrogens with zero attached hydrogens (tertiary/aromatic N) is 2. The zero-order valence-electron chi connectivity index (χ0n) is 11.7. The maximum absolute atomic E-state index is 12.0. The molecule has 110 valence electrons. The van der Waals surface area contributed by atoms with Gasteiger partial charge >= 0.3 is 6.03 Å². The van der Waals surface area contributed by atoms with E-state index in [2.05, 4.69) is 15.6 Å². The van der Waals surface area contributed by atoms with Gasteiger partial charge in [0.15, 0.2) is 11.1 Å². The van der Waals surface area contributed by atoms with Crippen molar-refractivity contribution in [2.45, 2.75) is 32.7 Å². The van der Waals surface area contributed by atoms with Crippen LogP contribution in [0.2, 0.25) is 0 Å². The van der Waals surface area contributed by atoms with Crippen LogP contribution in [-0.4, -0.2) is 41.0 Å². The maximum atomic E-state index is 12.0. The van der Waals surface area contributed by atoms with Crippen molar-refractivity contribution in [3.05, 3.63) is 10.6 Å². The molecule has 1 aromatic rings. The van der Waals surface area contributed by atoms with Crippen molar-refractivity contribution >= 4 is 28.5 Å². The van der Waals surface area contributed by atoms with Crippen LogP contribution in [0.15, 0.2) is 0 Å². The second kappa shape index (κ2) is 6.08. The van der Waals surface area contributed by atoms with Gasteiger partial charge < -0.3 is 21.3 Å². The Hall–Kier alpha value is -1.83. The summed E-state index contributed by atoms with van der Waals surface area (Å²) in [4.78, 5) is 19.4. The van der Waals surface area contributed by atoms with Gasteiger partial charge in [0.05, 0.1) is 5.69 Å². The number of rotatable bonds is 2. The Morgan fingerprint density at radius 3 is 2.80 bits per heavy atom. The van der Waals surface area contributed by atoms with Crippen molar-refractivity contribution in [3.8, 4) is 0 Å². The van der Waals surface area contributed by atoms with E-state index in [1.165, 1.54) is 11.3 Å². The van der Waals surface area contributed by atoms with Crippen LogP contribution < -0.4 is 16.4 Å². The maximum Gasteiger partial charge on any atom is 0.317 e. The predicted molar refractivity (Wildman–Crippen MR) is 80.3 cm³/mol. The van der Waals surface area contributed by atoms with E-state index in [0.29, 0.717) is 18.2 Å². The molecule has 0 saturated carbocycles. The fraction of sp³-hybridized carbons (Fsp3) is 0.583. The van der Waals surface area contributed by atoms with Crippen molar-refractivity contribution in [1.29, 1.82) is 5.41 Å². The molecule has 0 aromatic carbocycles. The number of guanidine groups is 1. The molecule has 0 spiro atoms. The molecule has 0 aliphatic carbocycles. The molecular formula is C12H20N6OS. The summed E-state index contributed by atoms with van der Waals surface area (Å²) in [7, 11) is 0. The SMILES string of the molecule is CC(C)NC(=O)N1CCc2nc(NC(=N)N)sc2CC1. The van der Waals surface area contributed by atoms with Crippen molar-refractivity contribution in [2.24, 2.45) is 5.73 Å². The van der Waals surface area contributed by atoms with E-state index in [1.54, 1.807) is 0 Å². The number of fused-ring (bicyclic) bond motifs is 1. The molecule has 0 bridgehead atoms. The average Bonchev–Trinajstić information content (AvgIpc) is 2.58. The first-order valence-corrected chi connectivity index (χ1v) is 7.42. The molecule has 8 heteroatoms. The summed E-state index contributed by atoms with van der Waals surface area (Å²) in [5, 5.41) is 13.5. The minimum Gasteiger partial charge on any atom is -0.370 e. The number of aromatic nitrogens is 1. The number of urea groups is 1. The molecule has 5 N–H and O–H groups in total. The molecule has 0 unspecified atom stereocenters. The summed E-state index contributed by atoms with van der Waals surface area (Å²) in [6.45, 7) is 5.25. The molecule has 0 atom stereocenters. The molecule has 1 aromatic heterocycles. The van der Waals surface area contributed by atoms with Gasteiger partial charge in [0.2, 0.25) is 0 Å². The zero-order chi connectivity index (χ0) is 14.7. The fourth-order valence-electron chi connectivity index (χ4n) is 2.07. The summed E-state index contributed by atoms with van der Waals surface area (Å²) in [6, 6.07) is 0.126. The van der Waals surface area contributed by atoms with E-state index in [1.807, 2.05) is 18.7 Å². The molecule has 0 fully saturated rings. The van der Waals surface area contributed by atoms with Gasteiger partial charge in [0, 0.05) is 36.9 Å². The normalized spacial score (nSPS) is 14.7. The quantitative estimate of drug-likeness (QED) is 0.482.